The predicted molar refractivity (Wildman–Crippen MR) is 87.7 cm³/mol. The number of benzene rings is 1. The van der Waals surface area contributed by atoms with E-state index in [-0.39, 0.29) is 12.7 Å². The van der Waals surface area contributed by atoms with Gasteiger partial charge in [-0.05, 0) is 26.0 Å². The number of aliphatic hydroxyl groups is 1. The summed E-state index contributed by atoms with van der Waals surface area (Å²) >= 11 is 0. The maximum Gasteiger partial charge on any atom is 0.409 e. The van der Waals surface area contributed by atoms with E-state index in [4.69, 9.17) is 9.47 Å². The Morgan fingerprint density at radius 2 is 1.87 bits per heavy atom. The Kier molecular flexibility index (Phi) is 6.67. The Balaban J connectivity index is 1.67. The van der Waals surface area contributed by atoms with E-state index in [1.807, 2.05) is 31.2 Å². The summed E-state index contributed by atoms with van der Waals surface area (Å²) in [6, 6.07) is 7.77. The highest BCUT2D eigenvalue weighted by Gasteiger charge is 2.23. The number of ether oxygens (including phenoxy) is 2. The van der Waals surface area contributed by atoms with Gasteiger partial charge < -0.3 is 19.5 Å². The monoisotopic (exact) mass is 322 g/mol. The van der Waals surface area contributed by atoms with Crippen LogP contribution in [-0.4, -0.2) is 73.0 Å². The molecule has 1 aliphatic heterocycles. The molecular formula is C17H26N2O4. The van der Waals surface area contributed by atoms with Gasteiger partial charge >= 0.3 is 6.09 Å². The molecule has 1 fully saturated rings. The average molecular weight is 322 g/mol. The van der Waals surface area contributed by atoms with Crippen LogP contribution in [0, 0.1) is 6.92 Å². The zero-order valence-corrected chi connectivity index (χ0v) is 13.9. The van der Waals surface area contributed by atoms with Gasteiger partial charge in [-0.1, -0.05) is 17.7 Å². The summed E-state index contributed by atoms with van der Waals surface area (Å²) in [6.07, 6.45) is -0.805. The highest BCUT2D eigenvalue weighted by Crippen LogP contribution is 2.12. The number of hydrogen-bond acceptors (Lipinski definition) is 5. The van der Waals surface area contributed by atoms with E-state index in [1.165, 1.54) is 5.56 Å². The summed E-state index contributed by atoms with van der Waals surface area (Å²) in [5.41, 5.74) is 1.18. The van der Waals surface area contributed by atoms with E-state index in [0.717, 1.165) is 18.8 Å². The van der Waals surface area contributed by atoms with Gasteiger partial charge in [0, 0.05) is 32.7 Å². The Hall–Kier alpha value is -1.79. The zero-order valence-electron chi connectivity index (χ0n) is 13.9. The molecule has 1 aromatic rings. The van der Waals surface area contributed by atoms with Gasteiger partial charge in [-0.25, -0.2) is 4.79 Å². The van der Waals surface area contributed by atoms with Gasteiger partial charge in [0.15, 0.2) is 0 Å². The van der Waals surface area contributed by atoms with E-state index in [9.17, 15) is 9.90 Å². The van der Waals surface area contributed by atoms with E-state index < -0.39 is 6.10 Å². The summed E-state index contributed by atoms with van der Waals surface area (Å²) in [5.74, 6) is 0.766. The first kappa shape index (κ1) is 17.6. The lowest BCUT2D eigenvalue weighted by atomic mass is 10.2. The molecule has 1 unspecified atom stereocenters. The number of β-amino-alcohol motifs (C(OH)–C–C–N with tert-alkyl or cyclic N) is 1. The number of amides is 1. The largest absolute Gasteiger partial charge is 0.491 e. The van der Waals surface area contributed by atoms with Gasteiger partial charge in [0.2, 0.25) is 0 Å². The molecule has 6 nitrogen and oxygen atoms in total. The number of rotatable bonds is 6. The average Bonchev–Trinajstić information content (AvgIpc) is 2.55. The van der Waals surface area contributed by atoms with Gasteiger partial charge in [0.1, 0.15) is 18.5 Å². The van der Waals surface area contributed by atoms with Crippen molar-refractivity contribution in [3.8, 4) is 5.75 Å². The van der Waals surface area contributed by atoms with E-state index in [1.54, 1.807) is 11.8 Å². The lowest BCUT2D eigenvalue weighted by molar-refractivity contribution is 0.0408. The first-order valence-electron chi connectivity index (χ1n) is 8.10. The highest BCUT2D eigenvalue weighted by molar-refractivity contribution is 5.67. The van der Waals surface area contributed by atoms with Crippen LogP contribution in [0.4, 0.5) is 4.79 Å². The molecule has 0 spiro atoms. The first-order chi connectivity index (χ1) is 11.1. The zero-order chi connectivity index (χ0) is 16.7. The standard InChI is InChI=1S/C17H26N2O4/c1-3-22-17(21)19-10-8-18(9-11-19)12-15(20)13-23-16-6-4-14(2)5-7-16/h4-7,15,20H,3,8-13H2,1-2H3. The number of piperazine rings is 1. The van der Waals surface area contributed by atoms with Crippen molar-refractivity contribution >= 4 is 6.09 Å². The van der Waals surface area contributed by atoms with Gasteiger partial charge in [0.05, 0.1) is 6.61 Å². The summed E-state index contributed by atoms with van der Waals surface area (Å²) in [6.45, 7) is 7.76. The fraction of sp³-hybridized carbons (Fsp3) is 0.588. The molecular weight excluding hydrogens is 296 g/mol. The number of carbonyl (C=O) groups is 1. The van der Waals surface area contributed by atoms with Crippen LogP contribution in [0.3, 0.4) is 0 Å². The third kappa shape index (κ3) is 5.73. The van der Waals surface area contributed by atoms with E-state index in [2.05, 4.69) is 4.90 Å². The first-order valence-corrected chi connectivity index (χ1v) is 8.10. The maximum atomic E-state index is 11.6. The van der Waals surface area contributed by atoms with Gasteiger partial charge in [-0.15, -0.1) is 0 Å². The van der Waals surface area contributed by atoms with Crippen molar-refractivity contribution in [1.29, 1.82) is 0 Å². The third-order valence-corrected chi connectivity index (χ3v) is 3.83. The van der Waals surface area contributed by atoms with Crippen LogP contribution in [-0.2, 0) is 4.74 Å². The van der Waals surface area contributed by atoms with Gasteiger partial charge in [-0.2, -0.15) is 0 Å². The second-order valence-electron chi connectivity index (χ2n) is 5.76. The van der Waals surface area contributed by atoms with E-state index in [0.29, 0.717) is 26.2 Å². The summed E-state index contributed by atoms with van der Waals surface area (Å²) < 4.78 is 10.6. The second-order valence-corrected chi connectivity index (χ2v) is 5.76. The number of aryl methyl sites for hydroxylation is 1. The van der Waals surface area contributed by atoms with Crippen molar-refractivity contribution < 1.29 is 19.4 Å². The lowest BCUT2D eigenvalue weighted by Crippen LogP contribution is -2.51. The topological polar surface area (TPSA) is 62.2 Å². The predicted octanol–water partition coefficient (Wildman–Crippen LogP) is 1.51. The Morgan fingerprint density at radius 1 is 1.22 bits per heavy atom. The molecule has 0 saturated carbocycles. The molecule has 0 bridgehead atoms. The van der Waals surface area contributed by atoms with E-state index >= 15 is 0 Å². The maximum absolute atomic E-state index is 11.6. The molecule has 1 saturated heterocycles. The van der Waals surface area contributed by atoms with Crippen LogP contribution < -0.4 is 4.74 Å². The number of nitrogens with zero attached hydrogens (tertiary/aromatic N) is 2. The lowest BCUT2D eigenvalue weighted by Gasteiger charge is -2.34. The molecule has 6 heteroatoms. The Labute approximate surface area is 137 Å². The van der Waals surface area contributed by atoms with Crippen molar-refractivity contribution in [3.05, 3.63) is 29.8 Å². The van der Waals surface area contributed by atoms with Crippen molar-refractivity contribution in [3.63, 3.8) is 0 Å². The highest BCUT2D eigenvalue weighted by atomic mass is 16.6. The second kappa shape index (κ2) is 8.74. The normalized spacial score (nSPS) is 16.9. The Morgan fingerprint density at radius 3 is 2.48 bits per heavy atom. The molecule has 1 atom stereocenters. The molecule has 23 heavy (non-hydrogen) atoms. The molecule has 1 N–H and O–H groups in total. The van der Waals surface area contributed by atoms with Crippen molar-refractivity contribution in [1.82, 2.24) is 9.80 Å². The van der Waals surface area contributed by atoms with Gasteiger partial charge in [-0.3, -0.25) is 4.90 Å². The molecule has 0 radical (unpaired) electrons. The van der Waals surface area contributed by atoms with Crippen LogP contribution in [0.25, 0.3) is 0 Å². The molecule has 1 aliphatic rings. The van der Waals surface area contributed by atoms with Crippen LogP contribution in [0.5, 0.6) is 5.75 Å². The molecule has 0 aromatic heterocycles. The summed E-state index contributed by atoms with van der Waals surface area (Å²) in [7, 11) is 0. The third-order valence-electron chi connectivity index (χ3n) is 3.83. The summed E-state index contributed by atoms with van der Waals surface area (Å²) in [4.78, 5) is 15.5. The molecule has 1 amide bonds. The fourth-order valence-corrected chi connectivity index (χ4v) is 2.51. The minimum Gasteiger partial charge on any atom is -0.491 e. The Bertz CT molecular complexity index is 484. The minimum absolute atomic E-state index is 0.254. The van der Waals surface area contributed by atoms with Crippen molar-refractivity contribution in [2.45, 2.75) is 20.0 Å². The number of hydrogen-bond donors (Lipinski definition) is 1. The summed E-state index contributed by atoms with van der Waals surface area (Å²) in [5, 5.41) is 10.1. The quantitative estimate of drug-likeness (QED) is 0.860. The van der Waals surface area contributed by atoms with Crippen molar-refractivity contribution in [2.24, 2.45) is 0 Å². The number of aliphatic hydroxyl groups excluding tert-OH is 1. The SMILES string of the molecule is CCOC(=O)N1CCN(CC(O)COc2ccc(C)cc2)CC1. The van der Waals surface area contributed by atoms with Crippen LogP contribution >= 0.6 is 0 Å². The molecule has 128 valence electrons. The molecule has 0 aliphatic carbocycles. The fourth-order valence-electron chi connectivity index (χ4n) is 2.51. The van der Waals surface area contributed by atoms with Crippen LogP contribution in [0.1, 0.15) is 12.5 Å². The molecule has 1 aromatic carbocycles. The van der Waals surface area contributed by atoms with Crippen LogP contribution in [0.15, 0.2) is 24.3 Å². The number of carbonyl (C=O) groups excluding carboxylic acids is 1. The van der Waals surface area contributed by atoms with Crippen molar-refractivity contribution in [2.75, 3.05) is 45.9 Å². The minimum atomic E-state index is -0.551. The molecule has 1 heterocycles. The van der Waals surface area contributed by atoms with Gasteiger partial charge in [0.25, 0.3) is 0 Å². The smallest absolute Gasteiger partial charge is 0.409 e. The van der Waals surface area contributed by atoms with Crippen LogP contribution in [0.2, 0.25) is 0 Å². The molecule has 2 rings (SSSR count).